The third-order valence-corrected chi connectivity index (χ3v) is 2.62. The summed E-state index contributed by atoms with van der Waals surface area (Å²) in [6.45, 7) is 6.09. The summed E-state index contributed by atoms with van der Waals surface area (Å²) in [6.07, 6.45) is 1.07. The molecule has 0 bridgehead atoms. The van der Waals surface area contributed by atoms with Gasteiger partial charge in [0, 0.05) is 11.3 Å². The van der Waals surface area contributed by atoms with Gasteiger partial charge in [-0.2, -0.15) is 0 Å². The van der Waals surface area contributed by atoms with Crippen molar-refractivity contribution in [1.82, 2.24) is 9.97 Å². The Bertz CT molecular complexity index is 466. The van der Waals surface area contributed by atoms with Gasteiger partial charge in [-0.05, 0) is 31.9 Å². The summed E-state index contributed by atoms with van der Waals surface area (Å²) in [5, 5.41) is 0. The zero-order chi connectivity index (χ0) is 11.5. The Morgan fingerprint density at radius 1 is 1.00 bits per heavy atom. The van der Waals surface area contributed by atoms with E-state index in [1.165, 1.54) is 5.56 Å². The lowest BCUT2D eigenvalue weighted by Gasteiger charge is -2.04. The second kappa shape index (κ2) is 4.44. The van der Waals surface area contributed by atoms with Crippen LogP contribution in [0.4, 0.5) is 0 Å². The fourth-order valence-corrected chi connectivity index (χ4v) is 1.78. The van der Waals surface area contributed by atoms with E-state index in [1.807, 2.05) is 19.9 Å². The van der Waals surface area contributed by atoms with Crippen molar-refractivity contribution in [2.24, 2.45) is 0 Å². The second-order valence-electron chi connectivity index (χ2n) is 3.99. The topological polar surface area (TPSA) is 25.8 Å². The van der Waals surface area contributed by atoms with E-state index in [1.54, 1.807) is 0 Å². The normalized spacial score (nSPS) is 10.4. The third-order valence-electron chi connectivity index (χ3n) is 2.62. The maximum atomic E-state index is 4.45. The van der Waals surface area contributed by atoms with Crippen LogP contribution >= 0.6 is 0 Å². The minimum atomic E-state index is 0.828. The molecule has 0 saturated carbocycles. The van der Waals surface area contributed by atoms with Crippen LogP contribution < -0.4 is 0 Å². The molecule has 0 unspecified atom stereocenters. The Kier molecular flexibility index (Phi) is 3.00. The molecular formula is C14H16N2. The van der Waals surface area contributed by atoms with Crippen molar-refractivity contribution in [2.75, 3.05) is 0 Å². The van der Waals surface area contributed by atoms with Gasteiger partial charge in [0.15, 0.2) is 0 Å². The van der Waals surface area contributed by atoms with Gasteiger partial charge < -0.3 is 0 Å². The Morgan fingerprint density at radius 2 is 1.69 bits per heavy atom. The summed E-state index contributed by atoms with van der Waals surface area (Å²) >= 11 is 0. The summed E-state index contributed by atoms with van der Waals surface area (Å²) in [4.78, 5) is 8.73. The van der Waals surface area contributed by atoms with Gasteiger partial charge in [-0.1, -0.05) is 31.2 Å². The van der Waals surface area contributed by atoms with Gasteiger partial charge in [0.2, 0.25) is 0 Å². The first-order valence-corrected chi connectivity index (χ1v) is 5.60. The van der Waals surface area contributed by atoms with Gasteiger partial charge >= 0.3 is 0 Å². The van der Waals surface area contributed by atoms with Crippen molar-refractivity contribution in [3.63, 3.8) is 0 Å². The average molecular weight is 212 g/mol. The standard InChI is InChI=1S/C14H16N2/c1-4-12-5-7-13(8-6-12)14-9-10(2)15-11(3)16-14/h5-9H,4H2,1-3H3. The number of aromatic nitrogens is 2. The van der Waals surface area contributed by atoms with Gasteiger partial charge in [-0.25, -0.2) is 9.97 Å². The molecule has 0 amide bonds. The number of aryl methyl sites for hydroxylation is 3. The predicted molar refractivity (Wildman–Crippen MR) is 66.3 cm³/mol. The summed E-state index contributed by atoms with van der Waals surface area (Å²) in [7, 11) is 0. The molecular weight excluding hydrogens is 196 g/mol. The van der Waals surface area contributed by atoms with Gasteiger partial charge in [0.25, 0.3) is 0 Å². The van der Waals surface area contributed by atoms with E-state index in [-0.39, 0.29) is 0 Å². The maximum Gasteiger partial charge on any atom is 0.126 e. The van der Waals surface area contributed by atoms with Gasteiger partial charge in [0.05, 0.1) is 5.69 Å². The monoisotopic (exact) mass is 212 g/mol. The third kappa shape index (κ3) is 2.27. The molecule has 0 aliphatic carbocycles. The van der Waals surface area contributed by atoms with Crippen molar-refractivity contribution in [3.05, 3.63) is 47.4 Å². The summed E-state index contributed by atoms with van der Waals surface area (Å²) in [6, 6.07) is 10.6. The summed E-state index contributed by atoms with van der Waals surface area (Å²) in [5.41, 5.74) is 4.53. The van der Waals surface area contributed by atoms with Crippen molar-refractivity contribution in [1.29, 1.82) is 0 Å². The van der Waals surface area contributed by atoms with E-state index < -0.39 is 0 Å². The first-order valence-electron chi connectivity index (χ1n) is 5.60. The number of rotatable bonds is 2. The number of nitrogens with zero attached hydrogens (tertiary/aromatic N) is 2. The molecule has 0 spiro atoms. The molecule has 2 aromatic rings. The van der Waals surface area contributed by atoms with E-state index in [2.05, 4.69) is 41.2 Å². The highest BCUT2D eigenvalue weighted by molar-refractivity contribution is 5.59. The van der Waals surface area contributed by atoms with Gasteiger partial charge in [-0.3, -0.25) is 0 Å². The first kappa shape index (κ1) is 10.8. The quantitative estimate of drug-likeness (QED) is 0.763. The Hall–Kier alpha value is -1.70. The SMILES string of the molecule is CCc1ccc(-c2cc(C)nc(C)n2)cc1. The van der Waals surface area contributed by atoms with Crippen LogP contribution in [0.25, 0.3) is 11.3 Å². The first-order chi connectivity index (χ1) is 7.69. The molecule has 16 heavy (non-hydrogen) atoms. The number of hydrogen-bond donors (Lipinski definition) is 0. The number of hydrogen-bond acceptors (Lipinski definition) is 2. The highest BCUT2D eigenvalue weighted by Gasteiger charge is 2.01. The van der Waals surface area contributed by atoms with E-state index in [9.17, 15) is 0 Å². The van der Waals surface area contributed by atoms with Crippen LogP contribution in [-0.4, -0.2) is 9.97 Å². The minimum absolute atomic E-state index is 0.828. The van der Waals surface area contributed by atoms with Crippen LogP contribution in [0.3, 0.4) is 0 Å². The summed E-state index contributed by atoms with van der Waals surface area (Å²) < 4.78 is 0. The molecule has 1 heterocycles. The van der Waals surface area contributed by atoms with Crippen molar-refractivity contribution < 1.29 is 0 Å². The lowest BCUT2D eigenvalue weighted by atomic mass is 10.1. The Labute approximate surface area is 96.4 Å². The van der Waals surface area contributed by atoms with E-state index >= 15 is 0 Å². The van der Waals surface area contributed by atoms with E-state index in [0.717, 1.165) is 29.2 Å². The Balaban J connectivity index is 2.42. The molecule has 0 fully saturated rings. The van der Waals surface area contributed by atoms with E-state index in [0.29, 0.717) is 0 Å². The molecule has 1 aromatic heterocycles. The van der Waals surface area contributed by atoms with E-state index in [4.69, 9.17) is 0 Å². The summed E-state index contributed by atoms with van der Waals surface area (Å²) in [5.74, 6) is 0.828. The van der Waals surface area contributed by atoms with Crippen LogP contribution in [0.1, 0.15) is 24.0 Å². The molecule has 2 nitrogen and oxygen atoms in total. The zero-order valence-corrected chi connectivity index (χ0v) is 9.99. The van der Waals surface area contributed by atoms with Crippen LogP contribution in [-0.2, 0) is 6.42 Å². The molecule has 0 radical (unpaired) electrons. The zero-order valence-electron chi connectivity index (χ0n) is 9.99. The van der Waals surface area contributed by atoms with Gasteiger partial charge in [0.1, 0.15) is 5.82 Å². The molecule has 2 rings (SSSR count). The van der Waals surface area contributed by atoms with Crippen LogP contribution in [0.2, 0.25) is 0 Å². The molecule has 1 aromatic carbocycles. The molecule has 0 N–H and O–H groups in total. The predicted octanol–water partition coefficient (Wildman–Crippen LogP) is 3.32. The van der Waals surface area contributed by atoms with Crippen molar-refractivity contribution >= 4 is 0 Å². The highest BCUT2D eigenvalue weighted by Crippen LogP contribution is 2.18. The fraction of sp³-hybridized carbons (Fsp3) is 0.286. The molecule has 0 atom stereocenters. The lowest BCUT2D eigenvalue weighted by molar-refractivity contribution is 1.02. The molecule has 0 aliphatic heterocycles. The van der Waals surface area contributed by atoms with Crippen LogP contribution in [0.5, 0.6) is 0 Å². The largest absolute Gasteiger partial charge is 0.239 e. The second-order valence-corrected chi connectivity index (χ2v) is 3.99. The average Bonchev–Trinajstić information content (AvgIpc) is 2.28. The Morgan fingerprint density at radius 3 is 2.25 bits per heavy atom. The molecule has 0 aliphatic rings. The lowest BCUT2D eigenvalue weighted by Crippen LogP contribution is -1.93. The molecule has 0 saturated heterocycles. The van der Waals surface area contributed by atoms with Crippen LogP contribution in [0.15, 0.2) is 30.3 Å². The molecule has 2 heteroatoms. The molecule has 82 valence electrons. The van der Waals surface area contributed by atoms with Crippen LogP contribution in [0, 0.1) is 13.8 Å². The maximum absolute atomic E-state index is 4.45. The van der Waals surface area contributed by atoms with Crippen molar-refractivity contribution in [3.8, 4) is 11.3 Å². The van der Waals surface area contributed by atoms with Gasteiger partial charge in [-0.15, -0.1) is 0 Å². The number of benzene rings is 1. The fourth-order valence-electron chi connectivity index (χ4n) is 1.78. The minimum Gasteiger partial charge on any atom is -0.239 e. The van der Waals surface area contributed by atoms with Crippen molar-refractivity contribution in [2.45, 2.75) is 27.2 Å². The smallest absolute Gasteiger partial charge is 0.126 e. The highest BCUT2D eigenvalue weighted by atomic mass is 14.9.